The van der Waals surface area contributed by atoms with Gasteiger partial charge in [0, 0.05) is 18.0 Å². The first-order chi connectivity index (χ1) is 6.63. The molecule has 1 aromatic carbocycles. The van der Waals surface area contributed by atoms with E-state index in [-0.39, 0.29) is 18.8 Å². The zero-order valence-electron chi connectivity index (χ0n) is 8.07. The highest BCUT2D eigenvalue weighted by molar-refractivity contribution is 6.30. The minimum Gasteiger partial charge on any atom is -0.481 e. The maximum atomic E-state index is 10.4. The average Bonchev–Trinajstić information content (AvgIpc) is 2.15. The quantitative estimate of drug-likeness (QED) is 0.861. The molecular weight excluding hydrogens is 237 g/mol. The molecule has 1 rings (SSSR count). The van der Waals surface area contributed by atoms with Crippen molar-refractivity contribution in [3.05, 3.63) is 34.3 Å². The molecule has 0 aromatic heterocycles. The minimum atomic E-state index is -0.812. The van der Waals surface area contributed by atoms with Crippen molar-refractivity contribution < 1.29 is 9.90 Å². The van der Waals surface area contributed by atoms with E-state index in [1.807, 2.05) is 6.07 Å². The summed E-state index contributed by atoms with van der Waals surface area (Å²) in [5.41, 5.74) is 7.39. The monoisotopic (exact) mass is 249 g/mol. The molecule has 0 saturated carbocycles. The fourth-order valence-corrected chi connectivity index (χ4v) is 1.46. The van der Waals surface area contributed by atoms with Crippen molar-refractivity contribution in [2.24, 2.45) is 5.73 Å². The highest BCUT2D eigenvalue weighted by atomic mass is 35.5. The molecule has 5 heteroatoms. The van der Waals surface area contributed by atoms with E-state index in [0.29, 0.717) is 18.0 Å². The van der Waals surface area contributed by atoms with Gasteiger partial charge in [-0.05, 0) is 29.7 Å². The highest BCUT2D eigenvalue weighted by Crippen LogP contribution is 2.17. The van der Waals surface area contributed by atoms with Gasteiger partial charge in [0.05, 0.1) is 0 Å². The standard InChI is InChI=1S/C10H12ClNO2.ClH/c11-9-3-1-8(6-12)7(5-9)2-4-10(13)14;/h1,3,5H,2,4,6,12H2,(H,13,14);1H. The maximum Gasteiger partial charge on any atom is 0.303 e. The number of carboxylic acids is 1. The van der Waals surface area contributed by atoms with E-state index in [0.717, 1.165) is 11.1 Å². The van der Waals surface area contributed by atoms with E-state index in [4.69, 9.17) is 22.4 Å². The van der Waals surface area contributed by atoms with Gasteiger partial charge in [0.1, 0.15) is 0 Å². The Labute approximate surface area is 99.6 Å². The van der Waals surface area contributed by atoms with Crippen molar-refractivity contribution in [3.63, 3.8) is 0 Å². The second-order valence-electron chi connectivity index (χ2n) is 3.01. The summed E-state index contributed by atoms with van der Waals surface area (Å²) in [6.45, 7) is 0.409. The van der Waals surface area contributed by atoms with Gasteiger partial charge in [-0.2, -0.15) is 0 Å². The molecule has 0 atom stereocenters. The third kappa shape index (κ3) is 4.51. The molecular formula is C10H13Cl2NO2. The fraction of sp³-hybridized carbons (Fsp3) is 0.300. The topological polar surface area (TPSA) is 63.3 Å². The Morgan fingerprint density at radius 1 is 1.40 bits per heavy atom. The van der Waals surface area contributed by atoms with E-state index in [1.165, 1.54) is 0 Å². The summed E-state index contributed by atoms with van der Waals surface area (Å²) in [4.78, 5) is 10.4. The van der Waals surface area contributed by atoms with Gasteiger partial charge < -0.3 is 10.8 Å². The molecule has 0 aliphatic heterocycles. The van der Waals surface area contributed by atoms with Crippen LogP contribution >= 0.6 is 24.0 Å². The Balaban J connectivity index is 0.00000196. The van der Waals surface area contributed by atoms with Crippen LogP contribution in [0, 0.1) is 0 Å². The van der Waals surface area contributed by atoms with Crippen LogP contribution in [0.3, 0.4) is 0 Å². The Morgan fingerprint density at radius 2 is 2.07 bits per heavy atom. The number of nitrogens with two attached hydrogens (primary N) is 1. The van der Waals surface area contributed by atoms with Crippen LogP contribution in [-0.4, -0.2) is 11.1 Å². The lowest BCUT2D eigenvalue weighted by Gasteiger charge is -2.06. The molecule has 0 heterocycles. The average molecular weight is 250 g/mol. The summed E-state index contributed by atoms with van der Waals surface area (Å²) in [7, 11) is 0. The van der Waals surface area contributed by atoms with Gasteiger partial charge in [0.2, 0.25) is 0 Å². The zero-order chi connectivity index (χ0) is 10.6. The first kappa shape index (κ1) is 14.2. The normalized spacial score (nSPS) is 9.47. The minimum absolute atomic E-state index is 0. The van der Waals surface area contributed by atoms with Crippen LogP contribution < -0.4 is 5.73 Å². The predicted molar refractivity (Wildman–Crippen MR) is 62.5 cm³/mol. The molecule has 0 spiro atoms. The number of hydrogen-bond donors (Lipinski definition) is 2. The molecule has 0 unspecified atom stereocenters. The van der Waals surface area contributed by atoms with E-state index >= 15 is 0 Å². The van der Waals surface area contributed by atoms with Crippen molar-refractivity contribution in [2.45, 2.75) is 19.4 Å². The largest absolute Gasteiger partial charge is 0.481 e. The number of hydrogen-bond acceptors (Lipinski definition) is 2. The summed E-state index contributed by atoms with van der Waals surface area (Å²) in [6, 6.07) is 5.36. The number of aliphatic carboxylic acids is 1. The van der Waals surface area contributed by atoms with Gasteiger partial charge in [0.25, 0.3) is 0 Å². The van der Waals surface area contributed by atoms with Crippen molar-refractivity contribution in [3.8, 4) is 0 Å². The van der Waals surface area contributed by atoms with Gasteiger partial charge in [-0.15, -0.1) is 12.4 Å². The number of carboxylic acid groups (broad SMARTS) is 1. The van der Waals surface area contributed by atoms with Crippen molar-refractivity contribution in [1.29, 1.82) is 0 Å². The first-order valence-electron chi connectivity index (χ1n) is 4.32. The smallest absolute Gasteiger partial charge is 0.303 e. The number of carbonyl (C=O) groups is 1. The molecule has 3 nitrogen and oxygen atoms in total. The second kappa shape index (κ2) is 6.67. The summed E-state index contributed by atoms with van der Waals surface area (Å²) in [5, 5.41) is 9.16. The highest BCUT2D eigenvalue weighted by Gasteiger charge is 2.04. The maximum absolute atomic E-state index is 10.4. The second-order valence-corrected chi connectivity index (χ2v) is 3.45. The van der Waals surface area contributed by atoms with Gasteiger partial charge in [-0.1, -0.05) is 17.7 Å². The van der Waals surface area contributed by atoms with E-state index in [1.54, 1.807) is 12.1 Å². The van der Waals surface area contributed by atoms with Crippen LogP contribution in [0.2, 0.25) is 5.02 Å². The van der Waals surface area contributed by atoms with Crippen molar-refractivity contribution >= 4 is 30.0 Å². The molecule has 1 aromatic rings. The first-order valence-corrected chi connectivity index (χ1v) is 4.70. The van der Waals surface area contributed by atoms with Crippen LogP contribution in [-0.2, 0) is 17.8 Å². The van der Waals surface area contributed by atoms with Crippen LogP contribution in [0.1, 0.15) is 17.5 Å². The third-order valence-electron chi connectivity index (χ3n) is 2.00. The van der Waals surface area contributed by atoms with Gasteiger partial charge >= 0.3 is 5.97 Å². The lowest BCUT2D eigenvalue weighted by atomic mass is 10.0. The van der Waals surface area contributed by atoms with Gasteiger partial charge in [-0.3, -0.25) is 4.79 Å². The fourth-order valence-electron chi connectivity index (χ4n) is 1.27. The molecule has 0 aliphatic carbocycles. The van der Waals surface area contributed by atoms with Gasteiger partial charge in [0.15, 0.2) is 0 Å². The number of halogens is 2. The lowest BCUT2D eigenvalue weighted by molar-refractivity contribution is -0.136. The number of aryl methyl sites for hydroxylation is 1. The Hall–Kier alpha value is -0.770. The summed E-state index contributed by atoms with van der Waals surface area (Å²) >= 11 is 5.80. The Morgan fingerprint density at radius 3 is 2.60 bits per heavy atom. The molecule has 0 amide bonds. The van der Waals surface area contributed by atoms with Crippen LogP contribution in [0.4, 0.5) is 0 Å². The molecule has 0 bridgehead atoms. The Bertz CT molecular complexity index is 342. The van der Waals surface area contributed by atoms with E-state index in [9.17, 15) is 4.79 Å². The van der Waals surface area contributed by atoms with Gasteiger partial charge in [-0.25, -0.2) is 0 Å². The van der Waals surface area contributed by atoms with Crippen molar-refractivity contribution in [2.75, 3.05) is 0 Å². The number of rotatable bonds is 4. The molecule has 0 aliphatic rings. The molecule has 84 valence electrons. The zero-order valence-corrected chi connectivity index (χ0v) is 9.64. The summed E-state index contributed by atoms with van der Waals surface area (Å²) in [6.07, 6.45) is 0.579. The van der Waals surface area contributed by atoms with Crippen LogP contribution in [0.25, 0.3) is 0 Å². The van der Waals surface area contributed by atoms with Crippen LogP contribution in [0.15, 0.2) is 18.2 Å². The number of benzene rings is 1. The summed E-state index contributed by atoms with van der Waals surface area (Å²) < 4.78 is 0. The molecule has 15 heavy (non-hydrogen) atoms. The molecule has 3 N–H and O–H groups in total. The molecule has 0 saturated heterocycles. The van der Waals surface area contributed by atoms with E-state index in [2.05, 4.69) is 0 Å². The lowest BCUT2D eigenvalue weighted by Crippen LogP contribution is -2.04. The van der Waals surface area contributed by atoms with E-state index < -0.39 is 5.97 Å². The third-order valence-corrected chi connectivity index (χ3v) is 2.23. The molecule has 0 radical (unpaired) electrons. The van der Waals surface area contributed by atoms with Crippen LogP contribution in [0.5, 0.6) is 0 Å². The van der Waals surface area contributed by atoms with Crippen molar-refractivity contribution in [1.82, 2.24) is 0 Å². The predicted octanol–water partition coefficient (Wildman–Crippen LogP) is 2.24. The SMILES string of the molecule is Cl.NCc1ccc(Cl)cc1CCC(=O)O. The molecule has 0 fully saturated rings. The Kier molecular flexibility index (Phi) is 6.32. The summed E-state index contributed by atoms with van der Waals surface area (Å²) in [5.74, 6) is -0.812.